The standard InChI is InChI=1S/C29H54O2/c1-2-3-4-5-6-7-8-9-10-11-12-13-14-18-25-31-29(30)28-23-21-27(22-24-28)26-19-16-15-17-20-26/h26-28H,2-25H2,1H3. The molecule has 2 heteroatoms. The molecule has 2 rings (SSSR count). The van der Waals surface area contributed by atoms with Gasteiger partial charge in [-0.1, -0.05) is 122 Å². The minimum atomic E-state index is 0.108. The van der Waals surface area contributed by atoms with Crippen molar-refractivity contribution in [1.29, 1.82) is 0 Å². The average molecular weight is 435 g/mol. The zero-order valence-electron chi connectivity index (χ0n) is 21.0. The number of hydrogen-bond acceptors (Lipinski definition) is 2. The fourth-order valence-electron chi connectivity index (χ4n) is 6.02. The zero-order chi connectivity index (χ0) is 22.0. The summed E-state index contributed by atoms with van der Waals surface area (Å²) < 4.78 is 5.63. The molecule has 0 aliphatic heterocycles. The minimum absolute atomic E-state index is 0.108. The van der Waals surface area contributed by atoms with E-state index < -0.39 is 0 Å². The third-order valence-corrected chi connectivity index (χ3v) is 8.16. The Labute approximate surface area is 194 Å². The van der Waals surface area contributed by atoms with Crippen LogP contribution < -0.4 is 0 Å². The molecular weight excluding hydrogens is 380 g/mol. The van der Waals surface area contributed by atoms with E-state index >= 15 is 0 Å². The Balaban J connectivity index is 1.33. The Hall–Kier alpha value is -0.530. The van der Waals surface area contributed by atoms with Crippen LogP contribution in [0.3, 0.4) is 0 Å². The highest BCUT2D eigenvalue weighted by molar-refractivity contribution is 5.72. The molecule has 0 spiro atoms. The molecule has 0 aromatic rings. The topological polar surface area (TPSA) is 26.3 Å². The van der Waals surface area contributed by atoms with Crippen LogP contribution in [0.1, 0.15) is 155 Å². The van der Waals surface area contributed by atoms with E-state index in [4.69, 9.17) is 4.74 Å². The van der Waals surface area contributed by atoms with Gasteiger partial charge in [0.1, 0.15) is 0 Å². The smallest absolute Gasteiger partial charge is 0.308 e. The van der Waals surface area contributed by atoms with Gasteiger partial charge in [0, 0.05) is 0 Å². The summed E-state index contributed by atoms with van der Waals surface area (Å²) in [4.78, 5) is 12.4. The summed E-state index contributed by atoms with van der Waals surface area (Å²) in [5.41, 5.74) is 0. The first-order valence-electron chi connectivity index (χ1n) is 14.5. The van der Waals surface area contributed by atoms with Crippen molar-refractivity contribution in [3.8, 4) is 0 Å². The largest absolute Gasteiger partial charge is 0.465 e. The lowest BCUT2D eigenvalue weighted by Crippen LogP contribution is -2.28. The second-order valence-electron chi connectivity index (χ2n) is 10.8. The molecule has 0 unspecified atom stereocenters. The maximum absolute atomic E-state index is 12.4. The number of carbonyl (C=O) groups excluding carboxylic acids is 1. The van der Waals surface area contributed by atoms with E-state index in [0.717, 1.165) is 31.1 Å². The molecule has 2 aliphatic carbocycles. The zero-order valence-corrected chi connectivity index (χ0v) is 21.0. The highest BCUT2D eigenvalue weighted by atomic mass is 16.5. The van der Waals surface area contributed by atoms with Crippen LogP contribution in [0.4, 0.5) is 0 Å². The molecule has 0 aromatic carbocycles. The van der Waals surface area contributed by atoms with Gasteiger partial charge in [-0.2, -0.15) is 0 Å². The van der Waals surface area contributed by atoms with Gasteiger partial charge >= 0.3 is 5.97 Å². The van der Waals surface area contributed by atoms with Gasteiger partial charge in [0.2, 0.25) is 0 Å². The fourth-order valence-corrected chi connectivity index (χ4v) is 6.02. The van der Waals surface area contributed by atoms with Crippen LogP contribution in [0.25, 0.3) is 0 Å². The second-order valence-corrected chi connectivity index (χ2v) is 10.8. The normalized spacial score (nSPS) is 22.5. The predicted molar refractivity (Wildman–Crippen MR) is 133 cm³/mol. The molecule has 2 aliphatic rings. The number of esters is 1. The van der Waals surface area contributed by atoms with Crippen molar-refractivity contribution < 1.29 is 9.53 Å². The summed E-state index contributed by atoms with van der Waals surface area (Å²) in [5, 5.41) is 0. The van der Waals surface area contributed by atoms with Gasteiger partial charge in [-0.3, -0.25) is 4.79 Å². The van der Waals surface area contributed by atoms with Crippen LogP contribution >= 0.6 is 0 Å². The van der Waals surface area contributed by atoms with E-state index in [1.54, 1.807) is 0 Å². The van der Waals surface area contributed by atoms with Crippen molar-refractivity contribution in [1.82, 2.24) is 0 Å². The second kappa shape index (κ2) is 18.0. The summed E-state index contributed by atoms with van der Waals surface area (Å²) in [6.07, 6.45) is 31.0. The first-order valence-corrected chi connectivity index (χ1v) is 14.5. The maximum atomic E-state index is 12.4. The van der Waals surface area contributed by atoms with Crippen LogP contribution in [0.15, 0.2) is 0 Å². The average Bonchev–Trinajstić information content (AvgIpc) is 2.82. The van der Waals surface area contributed by atoms with Crippen molar-refractivity contribution in [2.75, 3.05) is 6.61 Å². The van der Waals surface area contributed by atoms with E-state index in [2.05, 4.69) is 6.92 Å². The van der Waals surface area contributed by atoms with Gasteiger partial charge in [-0.25, -0.2) is 0 Å². The lowest BCUT2D eigenvalue weighted by molar-refractivity contribution is -0.150. The van der Waals surface area contributed by atoms with Crippen molar-refractivity contribution in [3.63, 3.8) is 0 Å². The van der Waals surface area contributed by atoms with Crippen molar-refractivity contribution in [2.24, 2.45) is 17.8 Å². The van der Waals surface area contributed by atoms with Crippen LogP contribution in [-0.4, -0.2) is 12.6 Å². The van der Waals surface area contributed by atoms with Crippen molar-refractivity contribution in [3.05, 3.63) is 0 Å². The molecule has 0 radical (unpaired) electrons. The van der Waals surface area contributed by atoms with E-state index in [1.165, 1.54) is 128 Å². The molecule has 0 aromatic heterocycles. The Morgan fingerprint density at radius 2 is 1.03 bits per heavy atom. The lowest BCUT2D eigenvalue weighted by Gasteiger charge is -2.35. The molecule has 2 fully saturated rings. The number of rotatable bonds is 17. The first kappa shape index (κ1) is 26.7. The Kier molecular flexibility index (Phi) is 15.5. The molecule has 182 valence electrons. The van der Waals surface area contributed by atoms with E-state index in [9.17, 15) is 4.79 Å². The molecule has 0 atom stereocenters. The van der Waals surface area contributed by atoms with E-state index in [0.29, 0.717) is 6.61 Å². The lowest BCUT2D eigenvalue weighted by atomic mass is 9.71. The molecule has 0 heterocycles. The molecule has 0 bridgehead atoms. The van der Waals surface area contributed by atoms with Crippen molar-refractivity contribution >= 4 is 5.97 Å². The van der Waals surface area contributed by atoms with Gasteiger partial charge < -0.3 is 4.74 Å². The molecule has 0 N–H and O–H groups in total. The molecule has 2 nitrogen and oxygen atoms in total. The summed E-state index contributed by atoms with van der Waals surface area (Å²) in [5.74, 6) is 2.17. The number of unbranched alkanes of at least 4 members (excludes halogenated alkanes) is 13. The molecule has 2 saturated carbocycles. The van der Waals surface area contributed by atoms with Gasteiger partial charge in [-0.05, 0) is 43.9 Å². The van der Waals surface area contributed by atoms with E-state index in [1.807, 2.05) is 0 Å². The van der Waals surface area contributed by atoms with Crippen molar-refractivity contribution in [2.45, 2.75) is 155 Å². The molecular formula is C29H54O2. The molecule has 0 saturated heterocycles. The quantitative estimate of drug-likeness (QED) is 0.168. The van der Waals surface area contributed by atoms with Gasteiger partial charge in [-0.15, -0.1) is 0 Å². The van der Waals surface area contributed by atoms with Gasteiger partial charge in [0.05, 0.1) is 12.5 Å². The number of carbonyl (C=O) groups is 1. The highest BCUT2D eigenvalue weighted by Gasteiger charge is 2.31. The van der Waals surface area contributed by atoms with Crippen LogP contribution in [0.2, 0.25) is 0 Å². The maximum Gasteiger partial charge on any atom is 0.308 e. The first-order chi connectivity index (χ1) is 15.3. The molecule has 31 heavy (non-hydrogen) atoms. The minimum Gasteiger partial charge on any atom is -0.465 e. The number of hydrogen-bond donors (Lipinski definition) is 0. The van der Waals surface area contributed by atoms with Crippen LogP contribution in [-0.2, 0) is 9.53 Å². The van der Waals surface area contributed by atoms with Gasteiger partial charge in [0.15, 0.2) is 0 Å². The summed E-state index contributed by atoms with van der Waals surface area (Å²) in [6.45, 7) is 2.94. The fraction of sp³-hybridized carbons (Fsp3) is 0.966. The summed E-state index contributed by atoms with van der Waals surface area (Å²) in [7, 11) is 0. The van der Waals surface area contributed by atoms with E-state index in [-0.39, 0.29) is 11.9 Å². The van der Waals surface area contributed by atoms with Crippen LogP contribution in [0, 0.1) is 17.8 Å². The third kappa shape index (κ3) is 12.3. The highest BCUT2D eigenvalue weighted by Crippen LogP contribution is 2.40. The molecule has 0 amide bonds. The SMILES string of the molecule is CCCCCCCCCCCCCCCCOC(=O)C1CCC(C2CCCCC2)CC1. The summed E-state index contributed by atoms with van der Waals surface area (Å²) >= 11 is 0. The van der Waals surface area contributed by atoms with Gasteiger partial charge in [0.25, 0.3) is 0 Å². The predicted octanol–water partition coefficient (Wildman–Crippen LogP) is 9.40. The Bertz CT molecular complexity index is 418. The Morgan fingerprint density at radius 3 is 1.55 bits per heavy atom. The number of ether oxygens (including phenoxy) is 1. The Morgan fingerprint density at radius 1 is 0.581 bits per heavy atom. The monoisotopic (exact) mass is 434 g/mol. The summed E-state index contributed by atoms with van der Waals surface area (Å²) in [6, 6.07) is 0. The third-order valence-electron chi connectivity index (χ3n) is 8.16. The van der Waals surface area contributed by atoms with Crippen LogP contribution in [0.5, 0.6) is 0 Å².